The zero-order valence-electron chi connectivity index (χ0n) is 6.52. The van der Waals surface area contributed by atoms with Crippen molar-refractivity contribution in [3.8, 4) is 0 Å². The van der Waals surface area contributed by atoms with Crippen molar-refractivity contribution >= 4 is 58.6 Å². The van der Waals surface area contributed by atoms with Crippen LogP contribution in [0.2, 0.25) is 0 Å². The first-order chi connectivity index (χ1) is 6.20. The molecule has 13 heavy (non-hydrogen) atoms. The van der Waals surface area contributed by atoms with Gasteiger partial charge in [0, 0.05) is 18.8 Å². The lowest BCUT2D eigenvalue weighted by molar-refractivity contribution is 1.63. The van der Waals surface area contributed by atoms with E-state index >= 15 is 0 Å². The molecule has 0 radical (unpaired) electrons. The van der Waals surface area contributed by atoms with Gasteiger partial charge in [0.25, 0.3) is 0 Å². The van der Waals surface area contributed by atoms with E-state index in [4.69, 9.17) is 0 Å². The second-order valence-corrected chi connectivity index (χ2v) is 5.20. The molecule has 0 aliphatic carbocycles. The minimum Gasteiger partial charge on any atom is -0.0605 e. The van der Waals surface area contributed by atoms with E-state index in [2.05, 4.69) is 59.9 Å². The first-order valence-electron chi connectivity index (χ1n) is 3.72. The summed E-state index contributed by atoms with van der Waals surface area (Å²) in [5, 5.41) is 2.43. The standard InChI is InChI=1S/C10H5Br3/c11-7-3-1-2-6-4-5-8(12)10(13)9(6)7/h1-5H. The molecule has 0 bridgehead atoms. The predicted molar refractivity (Wildman–Crippen MR) is 67.0 cm³/mol. The summed E-state index contributed by atoms with van der Waals surface area (Å²) in [6.45, 7) is 0. The Hall–Kier alpha value is 0.140. The Bertz CT molecular complexity index is 463. The van der Waals surface area contributed by atoms with Crippen molar-refractivity contribution in [1.29, 1.82) is 0 Å². The molecule has 0 atom stereocenters. The molecule has 0 N–H and O–H groups in total. The molecule has 0 nitrogen and oxygen atoms in total. The quantitative estimate of drug-likeness (QED) is 0.608. The number of fused-ring (bicyclic) bond motifs is 1. The van der Waals surface area contributed by atoms with Gasteiger partial charge in [0.05, 0.1) is 0 Å². The third kappa shape index (κ3) is 1.69. The van der Waals surface area contributed by atoms with Crippen LogP contribution in [0.4, 0.5) is 0 Å². The summed E-state index contributed by atoms with van der Waals surface area (Å²) in [5.41, 5.74) is 0. The molecule has 0 saturated heterocycles. The fourth-order valence-corrected chi connectivity index (χ4v) is 3.02. The molecule has 3 heteroatoms. The molecule has 0 saturated carbocycles. The number of hydrogen-bond donors (Lipinski definition) is 0. The van der Waals surface area contributed by atoms with Crippen molar-refractivity contribution in [3.05, 3.63) is 43.7 Å². The summed E-state index contributed by atoms with van der Waals surface area (Å²) in [7, 11) is 0. The van der Waals surface area contributed by atoms with E-state index < -0.39 is 0 Å². The van der Waals surface area contributed by atoms with Crippen LogP contribution in [0.3, 0.4) is 0 Å². The summed E-state index contributed by atoms with van der Waals surface area (Å²) < 4.78 is 3.28. The maximum atomic E-state index is 3.55. The third-order valence-electron chi connectivity index (χ3n) is 1.88. The number of halogens is 3. The van der Waals surface area contributed by atoms with Crippen molar-refractivity contribution in [2.45, 2.75) is 0 Å². The van der Waals surface area contributed by atoms with Crippen LogP contribution in [0.1, 0.15) is 0 Å². The SMILES string of the molecule is Brc1ccc2cccc(Br)c2c1Br. The lowest BCUT2D eigenvalue weighted by atomic mass is 10.1. The van der Waals surface area contributed by atoms with Gasteiger partial charge in [-0.05, 0) is 49.4 Å². The summed E-state index contributed by atoms with van der Waals surface area (Å²) >= 11 is 10.6. The van der Waals surface area contributed by atoms with E-state index in [9.17, 15) is 0 Å². The van der Waals surface area contributed by atoms with Crippen LogP contribution in [-0.4, -0.2) is 0 Å². The molecule has 0 unspecified atom stereocenters. The van der Waals surface area contributed by atoms with Gasteiger partial charge in [0.1, 0.15) is 0 Å². The molecule has 0 heterocycles. The highest BCUT2D eigenvalue weighted by Crippen LogP contribution is 2.35. The van der Waals surface area contributed by atoms with Crippen LogP contribution in [0.25, 0.3) is 10.8 Å². The van der Waals surface area contributed by atoms with Crippen molar-refractivity contribution in [3.63, 3.8) is 0 Å². The van der Waals surface area contributed by atoms with Gasteiger partial charge >= 0.3 is 0 Å². The van der Waals surface area contributed by atoms with Gasteiger partial charge in [-0.25, -0.2) is 0 Å². The van der Waals surface area contributed by atoms with Crippen molar-refractivity contribution in [2.24, 2.45) is 0 Å². The third-order valence-corrected chi connectivity index (χ3v) is 4.56. The number of rotatable bonds is 0. The second-order valence-electron chi connectivity index (χ2n) is 2.70. The van der Waals surface area contributed by atoms with Crippen molar-refractivity contribution in [1.82, 2.24) is 0 Å². The Morgan fingerprint density at radius 1 is 0.769 bits per heavy atom. The van der Waals surface area contributed by atoms with Crippen molar-refractivity contribution < 1.29 is 0 Å². The zero-order chi connectivity index (χ0) is 9.42. The van der Waals surface area contributed by atoms with Gasteiger partial charge in [0.2, 0.25) is 0 Å². The zero-order valence-corrected chi connectivity index (χ0v) is 11.3. The van der Waals surface area contributed by atoms with E-state index in [1.165, 1.54) is 10.8 Å². The molecule has 2 rings (SSSR count). The van der Waals surface area contributed by atoms with E-state index in [1.807, 2.05) is 18.2 Å². The maximum Gasteiger partial charge on any atom is 0.0407 e. The summed E-state index contributed by atoms with van der Waals surface area (Å²) in [5.74, 6) is 0. The Balaban J connectivity index is 2.97. The molecular weight excluding hydrogens is 360 g/mol. The molecule has 0 spiro atoms. The van der Waals surface area contributed by atoms with Gasteiger partial charge in [-0.1, -0.05) is 34.1 Å². The van der Waals surface area contributed by atoms with E-state index in [0.717, 1.165) is 13.4 Å². The van der Waals surface area contributed by atoms with E-state index in [0.29, 0.717) is 0 Å². The summed E-state index contributed by atoms with van der Waals surface area (Å²) in [6, 6.07) is 10.3. The molecule has 66 valence electrons. The second kappa shape index (κ2) is 3.71. The molecule has 0 aliphatic rings. The van der Waals surface area contributed by atoms with Crippen LogP contribution < -0.4 is 0 Å². The Morgan fingerprint density at radius 2 is 1.54 bits per heavy atom. The first kappa shape index (κ1) is 9.69. The number of benzene rings is 2. The molecule has 0 amide bonds. The van der Waals surface area contributed by atoms with E-state index in [1.54, 1.807) is 0 Å². The average Bonchev–Trinajstić information content (AvgIpc) is 2.12. The molecule has 2 aromatic carbocycles. The van der Waals surface area contributed by atoms with Crippen LogP contribution in [0, 0.1) is 0 Å². The minimum atomic E-state index is 1.08. The first-order valence-corrected chi connectivity index (χ1v) is 6.10. The van der Waals surface area contributed by atoms with Crippen LogP contribution in [0.15, 0.2) is 43.7 Å². The number of hydrogen-bond acceptors (Lipinski definition) is 0. The summed E-state index contributed by atoms with van der Waals surface area (Å²) in [4.78, 5) is 0. The topological polar surface area (TPSA) is 0 Å². The normalized spacial score (nSPS) is 10.7. The van der Waals surface area contributed by atoms with Crippen LogP contribution in [0.5, 0.6) is 0 Å². The van der Waals surface area contributed by atoms with Gasteiger partial charge in [-0.3, -0.25) is 0 Å². The van der Waals surface area contributed by atoms with E-state index in [-0.39, 0.29) is 0 Å². The van der Waals surface area contributed by atoms with Crippen molar-refractivity contribution in [2.75, 3.05) is 0 Å². The van der Waals surface area contributed by atoms with Crippen LogP contribution in [-0.2, 0) is 0 Å². The Kier molecular flexibility index (Phi) is 2.77. The maximum absolute atomic E-state index is 3.55. The minimum absolute atomic E-state index is 1.08. The molecular formula is C10H5Br3. The molecule has 0 aliphatic heterocycles. The lowest BCUT2D eigenvalue weighted by Crippen LogP contribution is -1.77. The van der Waals surface area contributed by atoms with Gasteiger partial charge in [0.15, 0.2) is 0 Å². The van der Waals surface area contributed by atoms with Gasteiger partial charge < -0.3 is 0 Å². The molecule has 2 aromatic rings. The highest BCUT2D eigenvalue weighted by molar-refractivity contribution is 9.13. The van der Waals surface area contributed by atoms with Gasteiger partial charge in [-0.2, -0.15) is 0 Å². The molecule has 0 aromatic heterocycles. The fourth-order valence-electron chi connectivity index (χ4n) is 1.27. The average molecular weight is 365 g/mol. The Labute approximate surface area is 102 Å². The highest BCUT2D eigenvalue weighted by atomic mass is 79.9. The van der Waals surface area contributed by atoms with Crippen LogP contribution >= 0.6 is 47.8 Å². The predicted octanol–water partition coefficient (Wildman–Crippen LogP) is 5.13. The highest BCUT2D eigenvalue weighted by Gasteiger charge is 2.05. The fraction of sp³-hybridized carbons (Fsp3) is 0. The smallest absolute Gasteiger partial charge is 0.0407 e. The monoisotopic (exact) mass is 362 g/mol. The summed E-state index contributed by atoms with van der Waals surface area (Å²) in [6.07, 6.45) is 0. The lowest BCUT2D eigenvalue weighted by Gasteiger charge is -2.04. The molecule has 0 fully saturated rings. The largest absolute Gasteiger partial charge is 0.0605 e. The van der Waals surface area contributed by atoms with Gasteiger partial charge in [-0.15, -0.1) is 0 Å². The Morgan fingerprint density at radius 3 is 2.31 bits per heavy atom.